The van der Waals surface area contributed by atoms with Gasteiger partial charge in [-0.2, -0.15) is 13.2 Å². The number of carbonyl (C=O) groups excluding carboxylic acids is 1. The molecule has 18 heavy (non-hydrogen) atoms. The molecule has 9 heteroatoms. The van der Waals surface area contributed by atoms with Gasteiger partial charge in [-0.15, -0.1) is 0 Å². The Kier molecular flexibility index (Phi) is 4.23. The van der Waals surface area contributed by atoms with Gasteiger partial charge in [-0.05, 0) is 23.7 Å². The van der Waals surface area contributed by atoms with E-state index >= 15 is 0 Å². The minimum absolute atomic E-state index is 0.165. The quantitative estimate of drug-likeness (QED) is 0.887. The van der Waals surface area contributed by atoms with Crippen LogP contribution in [0.5, 0.6) is 0 Å². The van der Waals surface area contributed by atoms with E-state index in [2.05, 4.69) is 4.42 Å². The van der Waals surface area contributed by atoms with Crippen molar-refractivity contribution < 1.29 is 32.3 Å². The molecule has 100 valence electrons. The molecular formula is C9H7ClF3NO4. The van der Waals surface area contributed by atoms with Gasteiger partial charge in [0.1, 0.15) is 6.04 Å². The standard InChI is InChI=1S/C9H7ClF3NO4/c10-6-2-1-4(18-6)8(17)14-5(3-7(15)16)9(11,12)13/h1-2,5H,3H2,(H,14,17)(H,15,16). The lowest BCUT2D eigenvalue weighted by atomic mass is 10.2. The van der Waals surface area contributed by atoms with Crippen LogP contribution in [0.1, 0.15) is 17.0 Å². The molecule has 0 saturated heterocycles. The minimum atomic E-state index is -4.87. The highest BCUT2D eigenvalue weighted by atomic mass is 35.5. The normalized spacial score (nSPS) is 13.1. The molecule has 1 amide bonds. The number of carbonyl (C=O) groups is 2. The van der Waals surface area contributed by atoms with Gasteiger partial charge in [-0.3, -0.25) is 9.59 Å². The van der Waals surface area contributed by atoms with Gasteiger partial charge in [-0.25, -0.2) is 0 Å². The second-order valence-corrected chi connectivity index (χ2v) is 3.64. The van der Waals surface area contributed by atoms with Gasteiger partial charge in [0.25, 0.3) is 5.91 Å². The van der Waals surface area contributed by atoms with Gasteiger partial charge in [-0.1, -0.05) is 0 Å². The predicted molar refractivity (Wildman–Crippen MR) is 53.3 cm³/mol. The number of rotatable bonds is 4. The number of alkyl halides is 3. The SMILES string of the molecule is O=C(O)CC(NC(=O)c1ccc(Cl)o1)C(F)(F)F. The number of halogens is 4. The van der Waals surface area contributed by atoms with Crippen LogP contribution in [0.15, 0.2) is 16.5 Å². The van der Waals surface area contributed by atoms with Crippen molar-refractivity contribution in [3.8, 4) is 0 Å². The van der Waals surface area contributed by atoms with E-state index in [1.807, 2.05) is 0 Å². The number of furan rings is 1. The van der Waals surface area contributed by atoms with E-state index in [-0.39, 0.29) is 5.22 Å². The zero-order valence-electron chi connectivity index (χ0n) is 8.62. The summed E-state index contributed by atoms with van der Waals surface area (Å²) in [5.74, 6) is -3.31. The maximum absolute atomic E-state index is 12.4. The summed E-state index contributed by atoms with van der Waals surface area (Å²) in [5.41, 5.74) is 0. The molecule has 0 aliphatic heterocycles. The van der Waals surface area contributed by atoms with Gasteiger partial charge >= 0.3 is 12.1 Å². The maximum Gasteiger partial charge on any atom is 0.409 e. The van der Waals surface area contributed by atoms with Crippen molar-refractivity contribution in [2.24, 2.45) is 0 Å². The number of amides is 1. The number of carboxylic acid groups (broad SMARTS) is 1. The first-order valence-corrected chi connectivity index (χ1v) is 4.92. The van der Waals surface area contributed by atoms with Crippen LogP contribution in [0.4, 0.5) is 13.2 Å². The highest BCUT2D eigenvalue weighted by Crippen LogP contribution is 2.23. The fourth-order valence-corrected chi connectivity index (χ4v) is 1.24. The Labute approximate surface area is 104 Å². The Morgan fingerprint density at radius 1 is 1.44 bits per heavy atom. The molecule has 1 atom stereocenters. The molecule has 0 radical (unpaired) electrons. The summed E-state index contributed by atoms with van der Waals surface area (Å²) in [6.45, 7) is 0. The van der Waals surface area contributed by atoms with Crippen molar-refractivity contribution in [2.75, 3.05) is 0 Å². The molecule has 1 unspecified atom stereocenters. The summed E-state index contributed by atoms with van der Waals surface area (Å²) in [4.78, 5) is 21.6. The van der Waals surface area contributed by atoms with Crippen molar-refractivity contribution in [3.63, 3.8) is 0 Å². The first-order valence-electron chi connectivity index (χ1n) is 4.55. The summed E-state index contributed by atoms with van der Waals surface area (Å²) in [7, 11) is 0. The van der Waals surface area contributed by atoms with Crippen LogP contribution in [-0.2, 0) is 4.79 Å². The fraction of sp³-hybridized carbons (Fsp3) is 0.333. The van der Waals surface area contributed by atoms with Gasteiger partial charge in [0.15, 0.2) is 11.0 Å². The van der Waals surface area contributed by atoms with Crippen molar-refractivity contribution in [3.05, 3.63) is 23.1 Å². The van der Waals surface area contributed by atoms with Gasteiger partial charge in [0.2, 0.25) is 0 Å². The lowest BCUT2D eigenvalue weighted by Crippen LogP contribution is -2.46. The highest BCUT2D eigenvalue weighted by Gasteiger charge is 2.42. The Hall–Kier alpha value is -1.70. The van der Waals surface area contributed by atoms with Crippen LogP contribution in [0.2, 0.25) is 5.22 Å². The lowest BCUT2D eigenvalue weighted by Gasteiger charge is -2.19. The van der Waals surface area contributed by atoms with Crippen molar-refractivity contribution in [1.82, 2.24) is 5.32 Å². The van der Waals surface area contributed by atoms with Crippen molar-refractivity contribution >= 4 is 23.5 Å². The third-order valence-corrected chi connectivity index (χ3v) is 2.08. The van der Waals surface area contributed by atoms with Crippen LogP contribution in [-0.4, -0.2) is 29.2 Å². The Morgan fingerprint density at radius 2 is 2.06 bits per heavy atom. The number of hydrogen-bond acceptors (Lipinski definition) is 3. The topological polar surface area (TPSA) is 79.5 Å². The summed E-state index contributed by atoms with van der Waals surface area (Å²) in [6.07, 6.45) is -6.14. The molecule has 1 aromatic rings. The number of carboxylic acids is 1. The van der Waals surface area contributed by atoms with Crippen molar-refractivity contribution in [1.29, 1.82) is 0 Å². The summed E-state index contributed by atoms with van der Waals surface area (Å²) < 4.78 is 41.9. The molecule has 0 aliphatic carbocycles. The summed E-state index contributed by atoms with van der Waals surface area (Å²) in [6, 6.07) is -0.242. The van der Waals surface area contributed by atoms with E-state index in [9.17, 15) is 22.8 Å². The maximum atomic E-state index is 12.4. The number of aliphatic carboxylic acids is 1. The van der Waals surface area contributed by atoms with E-state index in [4.69, 9.17) is 16.7 Å². The smallest absolute Gasteiger partial charge is 0.409 e. The molecule has 0 saturated carbocycles. The summed E-state index contributed by atoms with van der Waals surface area (Å²) in [5, 5.41) is 9.69. The van der Waals surface area contributed by atoms with Crippen LogP contribution in [0, 0.1) is 0 Å². The van der Waals surface area contributed by atoms with Crippen LogP contribution < -0.4 is 5.32 Å². The Balaban J connectivity index is 2.78. The average Bonchev–Trinajstić information content (AvgIpc) is 2.61. The lowest BCUT2D eigenvalue weighted by molar-refractivity contribution is -0.165. The monoisotopic (exact) mass is 285 g/mol. The van der Waals surface area contributed by atoms with Crippen LogP contribution in [0.25, 0.3) is 0 Å². The Morgan fingerprint density at radius 3 is 2.44 bits per heavy atom. The number of nitrogens with one attached hydrogen (secondary N) is 1. The highest BCUT2D eigenvalue weighted by molar-refractivity contribution is 6.29. The third-order valence-electron chi connectivity index (χ3n) is 1.88. The number of hydrogen-bond donors (Lipinski definition) is 2. The predicted octanol–water partition coefficient (Wildman–Crippen LogP) is 2.07. The molecule has 5 nitrogen and oxygen atoms in total. The zero-order valence-corrected chi connectivity index (χ0v) is 9.38. The fourth-order valence-electron chi connectivity index (χ4n) is 1.09. The van der Waals surface area contributed by atoms with Crippen molar-refractivity contribution in [2.45, 2.75) is 18.6 Å². The molecule has 1 rings (SSSR count). The van der Waals surface area contributed by atoms with Crippen LogP contribution in [0.3, 0.4) is 0 Å². The molecule has 0 aliphatic rings. The second-order valence-electron chi connectivity index (χ2n) is 3.27. The molecule has 0 bridgehead atoms. The minimum Gasteiger partial charge on any atom is -0.481 e. The molecule has 0 fully saturated rings. The van der Waals surface area contributed by atoms with Gasteiger partial charge in [0, 0.05) is 0 Å². The molecule has 0 spiro atoms. The molecule has 0 aromatic carbocycles. The van der Waals surface area contributed by atoms with E-state index in [0.717, 1.165) is 6.07 Å². The molecule has 1 aromatic heterocycles. The second kappa shape index (κ2) is 5.30. The first-order chi connectivity index (χ1) is 8.20. The molecular weight excluding hydrogens is 279 g/mol. The molecule has 1 heterocycles. The third kappa shape index (κ3) is 3.95. The van der Waals surface area contributed by atoms with E-state index < -0.39 is 36.3 Å². The van der Waals surface area contributed by atoms with E-state index in [1.165, 1.54) is 11.4 Å². The van der Waals surface area contributed by atoms with Gasteiger partial charge in [0.05, 0.1) is 6.42 Å². The van der Waals surface area contributed by atoms with E-state index in [0.29, 0.717) is 0 Å². The average molecular weight is 286 g/mol. The largest absolute Gasteiger partial charge is 0.481 e. The first kappa shape index (κ1) is 14.4. The van der Waals surface area contributed by atoms with Crippen LogP contribution >= 0.6 is 11.6 Å². The Bertz CT molecular complexity index is 457. The van der Waals surface area contributed by atoms with E-state index in [1.54, 1.807) is 0 Å². The molecule has 2 N–H and O–H groups in total. The summed E-state index contributed by atoms with van der Waals surface area (Å²) >= 11 is 5.35. The van der Waals surface area contributed by atoms with Gasteiger partial charge < -0.3 is 14.8 Å². The zero-order chi connectivity index (χ0) is 13.9.